The first-order valence-corrected chi connectivity index (χ1v) is 6.51. The highest BCUT2D eigenvalue weighted by Crippen LogP contribution is 2.30. The molecule has 2 rings (SSSR count). The maximum atomic E-state index is 12.5. The van der Waals surface area contributed by atoms with E-state index >= 15 is 0 Å². The molecule has 0 aromatic heterocycles. The summed E-state index contributed by atoms with van der Waals surface area (Å²) < 4.78 is 5.29. The van der Waals surface area contributed by atoms with Gasteiger partial charge >= 0.3 is 0 Å². The monoisotopic (exact) mass is 296 g/mol. The number of aliphatic hydroxyl groups excluding tert-OH is 2. The van der Waals surface area contributed by atoms with Crippen LogP contribution in [-0.4, -0.2) is 57.8 Å². The summed E-state index contributed by atoms with van der Waals surface area (Å²) in [6, 6.07) is 4.14. The van der Waals surface area contributed by atoms with E-state index in [1.807, 2.05) is 0 Å². The molecule has 1 aliphatic heterocycles. The number of carbonyl (C=O) groups excluding carboxylic acids is 1. The van der Waals surface area contributed by atoms with Gasteiger partial charge in [0, 0.05) is 19.2 Å². The summed E-state index contributed by atoms with van der Waals surface area (Å²) >= 11 is 0. The minimum atomic E-state index is -1.05. The molecule has 0 unspecified atom stereocenters. The number of β-amino-alcohol motifs (C(OH)–C–C–N with tert-alkyl or cyclic N) is 2. The van der Waals surface area contributed by atoms with E-state index in [1.165, 1.54) is 23.1 Å². The molecule has 0 spiro atoms. The number of nitro benzene ring substituents is 1. The van der Waals surface area contributed by atoms with E-state index < -0.39 is 23.0 Å². The molecule has 1 aliphatic rings. The standard InChI is InChI=1S/C13H16N2O6/c1-2-21-11-5-3-4-8(15(19)20)12(11)13(18)14-6-9(16)10(17)7-14/h3-5,9-10,16-17H,2,6-7H2,1H3/t9-,10+. The van der Waals surface area contributed by atoms with Crippen LogP contribution in [0.3, 0.4) is 0 Å². The molecule has 1 amide bonds. The highest BCUT2D eigenvalue weighted by molar-refractivity contribution is 6.01. The molecule has 1 aromatic rings. The number of carbonyl (C=O) groups is 1. The zero-order chi connectivity index (χ0) is 15.6. The number of nitrogens with zero attached hydrogens (tertiary/aromatic N) is 2. The summed E-state index contributed by atoms with van der Waals surface area (Å²) in [7, 11) is 0. The molecule has 1 fully saturated rings. The van der Waals surface area contributed by atoms with Crippen LogP contribution in [0.1, 0.15) is 17.3 Å². The Labute approximate surface area is 120 Å². The summed E-state index contributed by atoms with van der Waals surface area (Å²) in [4.78, 5) is 24.1. The SMILES string of the molecule is CCOc1cccc([N+](=O)[O-])c1C(=O)N1C[C@@H](O)[C@@H](O)C1. The van der Waals surface area contributed by atoms with Crippen LogP contribution in [0.5, 0.6) is 5.75 Å². The lowest BCUT2D eigenvalue weighted by molar-refractivity contribution is -0.385. The third-order valence-corrected chi connectivity index (χ3v) is 3.26. The number of nitro groups is 1. The first kappa shape index (κ1) is 15.2. The quantitative estimate of drug-likeness (QED) is 0.605. The molecule has 1 aromatic carbocycles. The summed E-state index contributed by atoms with van der Waals surface area (Å²) in [5, 5.41) is 30.1. The molecule has 8 heteroatoms. The fraction of sp³-hybridized carbons (Fsp3) is 0.462. The van der Waals surface area contributed by atoms with Crippen molar-refractivity contribution in [1.29, 1.82) is 0 Å². The Bertz CT molecular complexity index is 552. The van der Waals surface area contributed by atoms with Gasteiger partial charge in [0.2, 0.25) is 0 Å². The van der Waals surface area contributed by atoms with Crippen molar-refractivity contribution in [3.8, 4) is 5.75 Å². The van der Waals surface area contributed by atoms with Crippen LogP contribution in [0, 0.1) is 10.1 Å². The molecule has 1 heterocycles. The lowest BCUT2D eigenvalue weighted by atomic mass is 10.1. The summed E-state index contributed by atoms with van der Waals surface area (Å²) in [6.07, 6.45) is -2.10. The third-order valence-electron chi connectivity index (χ3n) is 3.26. The molecular formula is C13H16N2O6. The first-order chi connectivity index (χ1) is 9.95. The number of amides is 1. The molecule has 0 aliphatic carbocycles. The number of ether oxygens (including phenoxy) is 1. The van der Waals surface area contributed by atoms with Gasteiger partial charge in [0.15, 0.2) is 5.56 Å². The fourth-order valence-electron chi connectivity index (χ4n) is 2.26. The summed E-state index contributed by atoms with van der Waals surface area (Å²) in [5.74, 6) is -0.520. The van der Waals surface area contributed by atoms with Gasteiger partial charge in [-0.05, 0) is 13.0 Å². The Hall–Kier alpha value is -2.19. The van der Waals surface area contributed by atoms with Crippen LogP contribution >= 0.6 is 0 Å². The molecule has 0 radical (unpaired) electrons. The van der Waals surface area contributed by atoms with Crippen molar-refractivity contribution in [2.75, 3.05) is 19.7 Å². The van der Waals surface area contributed by atoms with Gasteiger partial charge in [-0.3, -0.25) is 14.9 Å². The smallest absolute Gasteiger partial charge is 0.285 e. The van der Waals surface area contributed by atoms with Crippen LogP contribution in [0.15, 0.2) is 18.2 Å². The van der Waals surface area contributed by atoms with Crippen molar-refractivity contribution in [3.63, 3.8) is 0 Å². The predicted molar refractivity (Wildman–Crippen MR) is 72.2 cm³/mol. The molecular weight excluding hydrogens is 280 g/mol. The normalized spacial score (nSPS) is 21.4. The number of hydrogen-bond acceptors (Lipinski definition) is 6. The molecule has 0 saturated carbocycles. The highest BCUT2D eigenvalue weighted by atomic mass is 16.6. The highest BCUT2D eigenvalue weighted by Gasteiger charge is 2.36. The number of aliphatic hydroxyl groups is 2. The second-order valence-corrected chi connectivity index (χ2v) is 4.69. The first-order valence-electron chi connectivity index (χ1n) is 6.51. The van der Waals surface area contributed by atoms with Gasteiger partial charge in [0.05, 0.1) is 23.7 Å². The van der Waals surface area contributed by atoms with Crippen molar-refractivity contribution in [3.05, 3.63) is 33.9 Å². The van der Waals surface area contributed by atoms with Crippen LogP contribution < -0.4 is 4.74 Å². The van der Waals surface area contributed by atoms with E-state index in [0.29, 0.717) is 0 Å². The molecule has 114 valence electrons. The number of rotatable bonds is 4. The largest absolute Gasteiger partial charge is 0.493 e. The maximum absolute atomic E-state index is 12.5. The van der Waals surface area contributed by atoms with Crippen LogP contribution in [0.2, 0.25) is 0 Å². The van der Waals surface area contributed by atoms with E-state index in [0.717, 1.165) is 0 Å². The van der Waals surface area contributed by atoms with Crippen molar-refractivity contribution in [2.45, 2.75) is 19.1 Å². The van der Waals surface area contributed by atoms with E-state index in [4.69, 9.17) is 4.74 Å². The fourth-order valence-corrected chi connectivity index (χ4v) is 2.26. The molecule has 1 saturated heterocycles. The van der Waals surface area contributed by atoms with Crippen molar-refractivity contribution < 1.29 is 24.7 Å². The Kier molecular flexibility index (Phi) is 4.39. The second-order valence-electron chi connectivity index (χ2n) is 4.69. The molecule has 2 atom stereocenters. The van der Waals surface area contributed by atoms with Gasteiger partial charge < -0.3 is 19.8 Å². The minimum Gasteiger partial charge on any atom is -0.493 e. The molecule has 0 bridgehead atoms. The van der Waals surface area contributed by atoms with Crippen molar-refractivity contribution in [1.82, 2.24) is 4.90 Å². The van der Waals surface area contributed by atoms with E-state index in [9.17, 15) is 25.1 Å². The summed E-state index contributed by atoms with van der Waals surface area (Å²) in [5.41, 5.74) is -0.521. The van der Waals surface area contributed by atoms with Gasteiger partial charge in [0.1, 0.15) is 5.75 Å². The Morgan fingerprint density at radius 3 is 2.57 bits per heavy atom. The van der Waals surface area contributed by atoms with Gasteiger partial charge in [-0.25, -0.2) is 0 Å². The average molecular weight is 296 g/mol. The van der Waals surface area contributed by atoms with Crippen LogP contribution in [0.4, 0.5) is 5.69 Å². The summed E-state index contributed by atoms with van der Waals surface area (Å²) in [6.45, 7) is 1.82. The Morgan fingerprint density at radius 1 is 1.43 bits per heavy atom. The minimum absolute atomic E-state index is 0.0718. The van der Waals surface area contributed by atoms with E-state index in [-0.39, 0.29) is 36.7 Å². The molecule has 21 heavy (non-hydrogen) atoms. The van der Waals surface area contributed by atoms with Crippen LogP contribution in [-0.2, 0) is 0 Å². The number of hydrogen-bond donors (Lipinski definition) is 2. The lowest BCUT2D eigenvalue weighted by Crippen LogP contribution is -2.30. The van der Waals surface area contributed by atoms with Crippen molar-refractivity contribution >= 4 is 11.6 Å². The third kappa shape index (κ3) is 2.96. The zero-order valence-corrected chi connectivity index (χ0v) is 11.4. The van der Waals surface area contributed by atoms with E-state index in [2.05, 4.69) is 0 Å². The Morgan fingerprint density at radius 2 is 2.05 bits per heavy atom. The average Bonchev–Trinajstić information content (AvgIpc) is 2.78. The van der Waals surface area contributed by atoms with Gasteiger partial charge in [-0.1, -0.05) is 6.07 Å². The predicted octanol–water partition coefficient (Wildman–Crippen LogP) is 0.171. The van der Waals surface area contributed by atoms with Gasteiger partial charge in [-0.15, -0.1) is 0 Å². The zero-order valence-electron chi connectivity index (χ0n) is 11.4. The lowest BCUT2D eigenvalue weighted by Gasteiger charge is -2.17. The number of likely N-dealkylation sites (tertiary alicyclic amines) is 1. The van der Waals surface area contributed by atoms with Gasteiger partial charge in [-0.2, -0.15) is 0 Å². The van der Waals surface area contributed by atoms with Crippen LogP contribution in [0.25, 0.3) is 0 Å². The van der Waals surface area contributed by atoms with Gasteiger partial charge in [0.25, 0.3) is 11.6 Å². The Balaban J connectivity index is 2.41. The topological polar surface area (TPSA) is 113 Å². The number of benzene rings is 1. The van der Waals surface area contributed by atoms with Crippen molar-refractivity contribution in [2.24, 2.45) is 0 Å². The second kappa shape index (κ2) is 6.06. The van der Waals surface area contributed by atoms with E-state index in [1.54, 1.807) is 6.92 Å². The maximum Gasteiger partial charge on any atom is 0.285 e. The molecule has 2 N–H and O–H groups in total. The molecule has 8 nitrogen and oxygen atoms in total.